The first kappa shape index (κ1) is 14.3. The van der Waals surface area contributed by atoms with Crippen molar-refractivity contribution in [2.75, 3.05) is 7.11 Å². The van der Waals surface area contributed by atoms with Crippen molar-refractivity contribution in [3.8, 4) is 23.1 Å². The largest absolute Gasteiger partial charge is 0.496 e. The third-order valence-corrected chi connectivity index (χ3v) is 3.02. The van der Waals surface area contributed by atoms with E-state index in [1.54, 1.807) is 24.3 Å². The van der Waals surface area contributed by atoms with Gasteiger partial charge in [0.25, 0.3) is 5.56 Å². The number of ether oxygens (including phenoxy) is 1. The van der Waals surface area contributed by atoms with Crippen LogP contribution in [-0.2, 0) is 6.54 Å². The average Bonchev–Trinajstić information content (AvgIpc) is 2.49. The Morgan fingerprint density at radius 1 is 1.33 bits per heavy atom. The van der Waals surface area contributed by atoms with Crippen molar-refractivity contribution in [1.29, 1.82) is 5.26 Å². The maximum absolute atomic E-state index is 12.2. The van der Waals surface area contributed by atoms with E-state index in [9.17, 15) is 9.59 Å². The van der Waals surface area contributed by atoms with Gasteiger partial charge in [0.05, 0.1) is 18.9 Å². The van der Waals surface area contributed by atoms with Crippen molar-refractivity contribution in [2.24, 2.45) is 0 Å². The smallest absolute Gasteiger partial charge is 0.341 e. The van der Waals surface area contributed by atoms with Crippen LogP contribution in [0.4, 0.5) is 0 Å². The molecule has 2 aromatic rings. The fraction of sp³-hybridized carbons (Fsp3) is 0.133. The van der Waals surface area contributed by atoms with Gasteiger partial charge in [0.15, 0.2) is 0 Å². The Bertz CT molecular complexity index is 787. The van der Waals surface area contributed by atoms with Gasteiger partial charge in [0.1, 0.15) is 17.9 Å². The molecular formula is C15H12N2O4. The molecule has 0 radical (unpaired) electrons. The van der Waals surface area contributed by atoms with E-state index in [1.807, 2.05) is 6.07 Å². The molecule has 1 heterocycles. The number of carbonyl (C=O) groups is 1. The first-order chi connectivity index (χ1) is 10.1. The van der Waals surface area contributed by atoms with Gasteiger partial charge in [0.2, 0.25) is 0 Å². The lowest BCUT2D eigenvalue weighted by Crippen LogP contribution is -2.27. The molecule has 0 amide bonds. The Morgan fingerprint density at radius 2 is 2.05 bits per heavy atom. The number of aromatic carboxylic acids is 1. The number of pyridine rings is 1. The van der Waals surface area contributed by atoms with Crippen molar-refractivity contribution >= 4 is 5.97 Å². The van der Waals surface area contributed by atoms with Crippen LogP contribution in [0.3, 0.4) is 0 Å². The van der Waals surface area contributed by atoms with Gasteiger partial charge in [0, 0.05) is 5.56 Å². The van der Waals surface area contributed by atoms with Crippen molar-refractivity contribution in [3.05, 3.63) is 52.3 Å². The van der Waals surface area contributed by atoms with E-state index >= 15 is 0 Å². The first-order valence-electron chi connectivity index (χ1n) is 6.07. The highest BCUT2D eigenvalue weighted by molar-refractivity contribution is 5.87. The standard InChI is InChI=1S/C15H12N2O4/c1-21-13-5-3-2-4-10(13)12-7-6-11(15(19)20)14(18)17(12)9-8-16/h2-7H,9H2,1H3,(H,19,20). The van der Waals surface area contributed by atoms with Gasteiger partial charge >= 0.3 is 5.97 Å². The number of hydrogen-bond acceptors (Lipinski definition) is 4. The number of para-hydroxylation sites is 1. The Kier molecular flexibility index (Phi) is 4.05. The molecule has 6 heteroatoms. The summed E-state index contributed by atoms with van der Waals surface area (Å²) >= 11 is 0. The fourth-order valence-corrected chi connectivity index (χ4v) is 2.06. The Balaban J connectivity index is 2.75. The molecule has 0 spiro atoms. The maximum Gasteiger partial charge on any atom is 0.341 e. The summed E-state index contributed by atoms with van der Waals surface area (Å²) in [5.74, 6) is -0.787. The maximum atomic E-state index is 12.2. The number of carboxylic acid groups (broad SMARTS) is 1. The summed E-state index contributed by atoms with van der Waals surface area (Å²) in [6, 6.07) is 11.6. The van der Waals surface area contributed by atoms with Gasteiger partial charge < -0.3 is 9.84 Å². The van der Waals surface area contributed by atoms with Crippen LogP contribution in [-0.4, -0.2) is 22.8 Å². The van der Waals surface area contributed by atoms with Crippen LogP contribution in [0.15, 0.2) is 41.2 Å². The minimum absolute atomic E-state index is 0.243. The minimum Gasteiger partial charge on any atom is -0.496 e. The molecular weight excluding hydrogens is 272 g/mol. The van der Waals surface area contributed by atoms with E-state index in [2.05, 4.69) is 0 Å². The highest BCUT2D eigenvalue weighted by atomic mass is 16.5. The molecule has 0 aliphatic heterocycles. The molecule has 0 saturated heterocycles. The molecule has 0 saturated carbocycles. The lowest BCUT2D eigenvalue weighted by molar-refractivity contribution is 0.0694. The highest BCUT2D eigenvalue weighted by Gasteiger charge is 2.16. The highest BCUT2D eigenvalue weighted by Crippen LogP contribution is 2.28. The van der Waals surface area contributed by atoms with E-state index in [0.717, 1.165) is 4.57 Å². The molecule has 6 nitrogen and oxygen atoms in total. The number of aromatic nitrogens is 1. The molecule has 0 fully saturated rings. The molecule has 1 N–H and O–H groups in total. The number of hydrogen-bond donors (Lipinski definition) is 1. The summed E-state index contributed by atoms with van der Waals surface area (Å²) in [5.41, 5.74) is -0.0374. The van der Waals surface area contributed by atoms with E-state index in [0.29, 0.717) is 17.0 Å². The second kappa shape index (κ2) is 5.92. The van der Waals surface area contributed by atoms with Crippen LogP contribution in [0.5, 0.6) is 5.75 Å². The molecule has 0 aliphatic carbocycles. The van der Waals surface area contributed by atoms with Crippen molar-refractivity contribution in [3.63, 3.8) is 0 Å². The molecule has 106 valence electrons. The lowest BCUT2D eigenvalue weighted by Gasteiger charge is -2.13. The number of rotatable bonds is 4. The molecule has 2 rings (SSSR count). The predicted octanol–water partition coefficient (Wildman–Crippen LogP) is 1.75. The van der Waals surface area contributed by atoms with Gasteiger partial charge in [-0.05, 0) is 24.3 Å². The van der Waals surface area contributed by atoms with Crippen LogP contribution in [0.1, 0.15) is 10.4 Å². The van der Waals surface area contributed by atoms with Gasteiger partial charge in [-0.3, -0.25) is 9.36 Å². The van der Waals surface area contributed by atoms with E-state index < -0.39 is 11.5 Å². The summed E-state index contributed by atoms with van der Waals surface area (Å²) < 4.78 is 6.36. The molecule has 0 aliphatic rings. The number of nitriles is 1. The molecule has 21 heavy (non-hydrogen) atoms. The number of carboxylic acids is 1. The summed E-state index contributed by atoms with van der Waals surface area (Å²) in [4.78, 5) is 23.2. The fourth-order valence-electron chi connectivity index (χ4n) is 2.06. The zero-order valence-electron chi connectivity index (χ0n) is 11.2. The average molecular weight is 284 g/mol. The Morgan fingerprint density at radius 3 is 2.67 bits per heavy atom. The normalized spacial score (nSPS) is 9.90. The van der Waals surface area contributed by atoms with E-state index in [1.165, 1.54) is 19.2 Å². The van der Waals surface area contributed by atoms with Crippen molar-refractivity contribution in [1.82, 2.24) is 4.57 Å². The first-order valence-corrected chi connectivity index (χ1v) is 6.07. The number of methoxy groups -OCH3 is 1. The quantitative estimate of drug-likeness (QED) is 0.923. The van der Waals surface area contributed by atoms with Crippen LogP contribution in [0.2, 0.25) is 0 Å². The van der Waals surface area contributed by atoms with Gasteiger partial charge in [-0.2, -0.15) is 5.26 Å². The van der Waals surface area contributed by atoms with Crippen molar-refractivity contribution < 1.29 is 14.6 Å². The second-order valence-corrected chi connectivity index (χ2v) is 4.19. The monoisotopic (exact) mass is 284 g/mol. The summed E-state index contributed by atoms with van der Waals surface area (Å²) in [6.45, 7) is -0.243. The predicted molar refractivity (Wildman–Crippen MR) is 75.3 cm³/mol. The molecule has 1 aromatic heterocycles. The van der Waals surface area contributed by atoms with Crippen LogP contribution in [0, 0.1) is 11.3 Å². The third kappa shape index (κ3) is 2.62. The number of nitrogens with zero attached hydrogens (tertiary/aromatic N) is 2. The van der Waals surface area contributed by atoms with Crippen LogP contribution in [0.25, 0.3) is 11.3 Å². The lowest BCUT2D eigenvalue weighted by atomic mass is 10.1. The Labute approximate surface area is 120 Å². The topological polar surface area (TPSA) is 92.3 Å². The Hall–Kier alpha value is -3.07. The second-order valence-electron chi connectivity index (χ2n) is 4.19. The van der Waals surface area contributed by atoms with Gasteiger partial charge in [-0.1, -0.05) is 12.1 Å². The van der Waals surface area contributed by atoms with Crippen LogP contribution < -0.4 is 10.3 Å². The third-order valence-electron chi connectivity index (χ3n) is 3.02. The number of benzene rings is 1. The van der Waals surface area contributed by atoms with Gasteiger partial charge in [-0.25, -0.2) is 4.79 Å². The van der Waals surface area contributed by atoms with Crippen LogP contribution >= 0.6 is 0 Å². The van der Waals surface area contributed by atoms with E-state index in [4.69, 9.17) is 15.1 Å². The van der Waals surface area contributed by atoms with Crippen molar-refractivity contribution in [2.45, 2.75) is 6.54 Å². The summed E-state index contributed by atoms with van der Waals surface area (Å²) in [6.07, 6.45) is 0. The zero-order valence-corrected chi connectivity index (χ0v) is 11.2. The zero-order chi connectivity index (χ0) is 15.4. The SMILES string of the molecule is COc1ccccc1-c1ccc(C(=O)O)c(=O)n1CC#N. The molecule has 0 bridgehead atoms. The molecule has 0 unspecified atom stereocenters. The molecule has 1 aromatic carbocycles. The van der Waals surface area contributed by atoms with E-state index in [-0.39, 0.29) is 12.1 Å². The molecule has 0 atom stereocenters. The minimum atomic E-state index is -1.32. The summed E-state index contributed by atoms with van der Waals surface area (Å²) in [5, 5.41) is 17.9. The summed E-state index contributed by atoms with van der Waals surface area (Å²) in [7, 11) is 1.50. The van der Waals surface area contributed by atoms with Gasteiger partial charge in [-0.15, -0.1) is 0 Å².